The average molecular weight is 416 g/mol. The molecular weight excluding hydrogens is 406 g/mol. The van der Waals surface area contributed by atoms with E-state index in [1.807, 2.05) is 21.6 Å². The van der Waals surface area contributed by atoms with Crippen molar-refractivity contribution in [2.24, 2.45) is 0 Å². The normalized spacial score (nSPS) is 30.4. The Bertz CT molecular complexity index is 428. The van der Waals surface area contributed by atoms with Crippen LogP contribution in [0.2, 0.25) is 0 Å². The van der Waals surface area contributed by atoms with Gasteiger partial charge in [-0.15, -0.1) is 0 Å². The molecule has 3 rings (SSSR count). The van der Waals surface area contributed by atoms with Gasteiger partial charge in [-0.3, -0.25) is 0 Å². The summed E-state index contributed by atoms with van der Waals surface area (Å²) in [5.41, 5.74) is 6.44. The summed E-state index contributed by atoms with van der Waals surface area (Å²) in [6.07, 6.45) is 1.28. The van der Waals surface area contributed by atoms with Gasteiger partial charge in [-0.1, -0.05) is 0 Å². The molecule has 0 spiro atoms. The fourth-order valence-corrected chi connectivity index (χ4v) is 25.9. The van der Waals surface area contributed by atoms with Crippen LogP contribution in [0.4, 0.5) is 0 Å². The Hall–Kier alpha value is 1.66. The van der Waals surface area contributed by atoms with Crippen LogP contribution in [0.3, 0.4) is 0 Å². The number of hydrogen-bond donors (Lipinski definition) is 0. The fourth-order valence-electron chi connectivity index (χ4n) is 1.98. The Morgan fingerprint density at radius 2 is 2.00 bits per heavy atom. The van der Waals surface area contributed by atoms with E-state index in [1.165, 1.54) is 12.2 Å². The second-order valence-electron chi connectivity index (χ2n) is 3.68. The summed E-state index contributed by atoms with van der Waals surface area (Å²) in [7, 11) is 8.22. The van der Waals surface area contributed by atoms with Crippen LogP contribution in [0.25, 0.3) is 0 Å². The van der Waals surface area contributed by atoms with E-state index < -0.39 is 0 Å². The van der Waals surface area contributed by atoms with Crippen LogP contribution in [0.1, 0.15) is 20.3 Å². The third kappa shape index (κ3) is 2.14. The second-order valence-corrected chi connectivity index (χ2v) is 19.3. The van der Waals surface area contributed by atoms with Gasteiger partial charge in [-0.25, -0.2) is 0 Å². The molecule has 0 aromatic rings. The Balaban J connectivity index is 2.11. The Labute approximate surface area is 122 Å². The van der Waals surface area contributed by atoms with E-state index >= 15 is 0 Å². The molecule has 1 aliphatic carbocycles. The zero-order chi connectivity index (χ0) is 11.1. The molecule has 0 nitrogen and oxygen atoms in total. The van der Waals surface area contributed by atoms with Crippen LogP contribution in [-0.2, 0) is 0 Å². The van der Waals surface area contributed by atoms with Gasteiger partial charge in [-0.05, 0) is 0 Å². The van der Waals surface area contributed by atoms with E-state index in [4.69, 9.17) is 0 Å². The SMILES string of the molecule is CC1=C(C)C(=C2SS[Se][Se]2)C2=C1CCSS2. The topological polar surface area (TPSA) is 0 Å². The van der Waals surface area contributed by atoms with Crippen molar-refractivity contribution in [3.63, 3.8) is 0 Å². The first kappa shape index (κ1) is 12.7. The van der Waals surface area contributed by atoms with E-state index in [1.54, 1.807) is 31.0 Å². The molecule has 0 bridgehead atoms. The molecule has 1 fully saturated rings. The van der Waals surface area contributed by atoms with Crippen LogP contribution in [0.5, 0.6) is 0 Å². The van der Waals surface area contributed by atoms with Crippen molar-refractivity contribution in [1.82, 2.24) is 0 Å². The maximum atomic E-state index is 2.33. The predicted molar refractivity (Wildman–Crippen MR) is 83.8 cm³/mol. The first-order valence-corrected chi connectivity index (χ1v) is 16.6. The Kier molecular flexibility index (Phi) is 4.23. The molecule has 2 aliphatic heterocycles. The van der Waals surface area contributed by atoms with Crippen molar-refractivity contribution in [1.29, 1.82) is 0 Å². The molecule has 2 heterocycles. The summed E-state index contributed by atoms with van der Waals surface area (Å²) in [6, 6.07) is 0. The molecule has 16 heavy (non-hydrogen) atoms. The zero-order valence-electron chi connectivity index (χ0n) is 8.86. The number of allylic oxidation sites excluding steroid dienone is 4. The van der Waals surface area contributed by atoms with E-state index in [-0.39, 0.29) is 0 Å². The molecule has 0 amide bonds. The quantitative estimate of drug-likeness (QED) is 0.428. The summed E-state index contributed by atoms with van der Waals surface area (Å²) in [5.74, 6) is 1.29. The van der Waals surface area contributed by atoms with Crippen molar-refractivity contribution in [2.45, 2.75) is 20.3 Å². The molecular formula is C10H10S4Se2. The summed E-state index contributed by atoms with van der Waals surface area (Å²) < 4.78 is 1.72. The average Bonchev–Trinajstić information content (AvgIpc) is 2.89. The molecule has 0 radical (unpaired) electrons. The van der Waals surface area contributed by atoms with Gasteiger partial charge in [0.1, 0.15) is 0 Å². The van der Waals surface area contributed by atoms with Gasteiger partial charge < -0.3 is 0 Å². The fraction of sp³-hybridized carbons (Fsp3) is 0.400. The molecule has 3 aliphatic rings. The van der Waals surface area contributed by atoms with Crippen molar-refractivity contribution in [2.75, 3.05) is 5.75 Å². The Morgan fingerprint density at radius 3 is 2.75 bits per heavy atom. The number of rotatable bonds is 0. The summed E-state index contributed by atoms with van der Waals surface area (Å²) in [6.45, 7) is 4.65. The van der Waals surface area contributed by atoms with E-state index in [2.05, 4.69) is 33.9 Å². The van der Waals surface area contributed by atoms with Gasteiger partial charge in [0, 0.05) is 0 Å². The van der Waals surface area contributed by atoms with E-state index in [9.17, 15) is 0 Å². The first-order valence-electron chi connectivity index (χ1n) is 4.92. The van der Waals surface area contributed by atoms with Crippen LogP contribution in [0, 0.1) is 0 Å². The standard InChI is InChI=1S/C10H10S4Se2/c1-5-6(2)8(10-13-14-16-15-10)9-7(5)3-4-11-12-9/h3-4H2,1-2H3. The summed E-state index contributed by atoms with van der Waals surface area (Å²) in [5, 5.41) is 0. The Morgan fingerprint density at radius 1 is 1.12 bits per heavy atom. The van der Waals surface area contributed by atoms with E-state index in [0.717, 1.165) is 25.1 Å². The third-order valence-corrected chi connectivity index (χ3v) is 22.7. The van der Waals surface area contributed by atoms with Gasteiger partial charge in [0.2, 0.25) is 0 Å². The molecule has 86 valence electrons. The van der Waals surface area contributed by atoms with Crippen LogP contribution >= 0.6 is 41.6 Å². The minimum absolute atomic E-state index is 0.782. The van der Waals surface area contributed by atoms with Gasteiger partial charge in [0.05, 0.1) is 0 Å². The maximum absolute atomic E-state index is 2.33. The van der Waals surface area contributed by atoms with Crippen LogP contribution < -0.4 is 0 Å². The number of hydrogen-bond acceptors (Lipinski definition) is 4. The molecule has 0 N–H and O–H groups in total. The van der Waals surface area contributed by atoms with Crippen molar-refractivity contribution in [3.05, 3.63) is 31.0 Å². The molecule has 1 saturated heterocycles. The molecule has 0 aromatic carbocycles. The van der Waals surface area contributed by atoms with Crippen molar-refractivity contribution in [3.8, 4) is 0 Å². The monoisotopic (exact) mass is 418 g/mol. The molecule has 0 aromatic heterocycles. The van der Waals surface area contributed by atoms with Crippen molar-refractivity contribution < 1.29 is 0 Å². The molecule has 0 unspecified atom stereocenters. The third-order valence-electron chi connectivity index (χ3n) is 2.92. The van der Waals surface area contributed by atoms with Gasteiger partial charge in [0.25, 0.3) is 0 Å². The predicted octanol–water partition coefficient (Wildman–Crippen LogP) is 4.22. The zero-order valence-corrected chi connectivity index (χ0v) is 15.6. The minimum atomic E-state index is 0.782. The van der Waals surface area contributed by atoms with Crippen LogP contribution in [-0.4, -0.2) is 30.9 Å². The van der Waals surface area contributed by atoms with E-state index in [0.29, 0.717) is 0 Å². The molecule has 0 saturated carbocycles. The van der Waals surface area contributed by atoms with Gasteiger partial charge >= 0.3 is 124 Å². The molecule has 0 atom stereocenters. The summed E-state index contributed by atoms with van der Waals surface area (Å²) >= 11 is 1.62. The van der Waals surface area contributed by atoms with Gasteiger partial charge in [0.15, 0.2) is 0 Å². The second kappa shape index (κ2) is 5.34. The molecule has 6 heteroatoms. The summed E-state index contributed by atoms with van der Waals surface area (Å²) in [4.78, 5) is 1.62. The first-order chi connectivity index (χ1) is 7.79. The van der Waals surface area contributed by atoms with Crippen molar-refractivity contribution >= 4 is 66.7 Å². The van der Waals surface area contributed by atoms with Gasteiger partial charge in [-0.2, -0.15) is 0 Å². The van der Waals surface area contributed by atoms with Crippen LogP contribution in [0.15, 0.2) is 31.0 Å².